The van der Waals surface area contributed by atoms with Gasteiger partial charge in [0.2, 0.25) is 0 Å². The maximum Gasteiger partial charge on any atom is 0.154 e. The summed E-state index contributed by atoms with van der Waals surface area (Å²) < 4.78 is 1.84. The van der Waals surface area contributed by atoms with Crippen molar-refractivity contribution < 1.29 is 0 Å². The van der Waals surface area contributed by atoms with Gasteiger partial charge in [-0.3, -0.25) is 4.68 Å². The lowest BCUT2D eigenvalue weighted by Gasteiger charge is -2.33. The van der Waals surface area contributed by atoms with E-state index in [-0.39, 0.29) is 0 Å². The molecule has 0 radical (unpaired) electrons. The van der Waals surface area contributed by atoms with Gasteiger partial charge in [-0.25, -0.2) is 0 Å². The zero-order valence-corrected chi connectivity index (χ0v) is 18.5. The molecule has 1 aliphatic rings. The minimum atomic E-state index is 0.633. The second-order valence-electron chi connectivity index (χ2n) is 8.29. The molecular weight excluding hydrogens is 386 g/mol. The molecule has 4 rings (SSSR count). The first-order valence-corrected chi connectivity index (χ1v) is 10.8. The van der Waals surface area contributed by atoms with Crippen molar-refractivity contribution in [1.29, 1.82) is 5.26 Å². The summed E-state index contributed by atoms with van der Waals surface area (Å²) in [5.74, 6) is 1.63. The number of rotatable bonds is 6. The predicted molar refractivity (Wildman–Crippen MR) is 122 cm³/mol. The highest BCUT2D eigenvalue weighted by Gasteiger charge is 2.23. The van der Waals surface area contributed by atoms with Crippen LogP contribution in [-0.2, 0) is 13.6 Å². The smallest absolute Gasteiger partial charge is 0.154 e. The lowest BCUT2D eigenvalue weighted by molar-refractivity contribution is 0.380. The molecule has 3 heterocycles. The lowest BCUT2D eigenvalue weighted by Crippen LogP contribution is -2.38. The minimum absolute atomic E-state index is 0.633. The fourth-order valence-electron chi connectivity index (χ4n) is 4.29. The van der Waals surface area contributed by atoms with Crippen molar-refractivity contribution in [3.63, 3.8) is 0 Å². The molecule has 3 aromatic rings. The van der Waals surface area contributed by atoms with E-state index in [1.54, 1.807) is 6.20 Å². The average molecular weight is 416 g/mol. The standard InChI is InChI=1S/C24H29N7/c1-17-18(2)24(29-28-23(17)22-8-11-27-30(22)3)31-12-9-19(10-13-31)15-26-16-21-7-5-4-6-20(21)14-25/h4-8,11,19,26H,9-10,12-13,15-16H2,1-3H3. The minimum Gasteiger partial charge on any atom is -0.355 e. The molecule has 1 aliphatic heterocycles. The third kappa shape index (κ3) is 4.44. The molecule has 1 fully saturated rings. The summed E-state index contributed by atoms with van der Waals surface area (Å²) in [5.41, 5.74) is 6.06. The summed E-state index contributed by atoms with van der Waals surface area (Å²) in [6.07, 6.45) is 4.03. The molecule has 0 aliphatic carbocycles. The Balaban J connectivity index is 1.34. The zero-order valence-electron chi connectivity index (χ0n) is 18.5. The molecule has 7 nitrogen and oxygen atoms in total. The molecule has 0 saturated carbocycles. The number of nitriles is 1. The van der Waals surface area contributed by atoms with Crippen molar-refractivity contribution in [2.45, 2.75) is 33.2 Å². The van der Waals surface area contributed by atoms with Crippen molar-refractivity contribution in [3.05, 3.63) is 58.8 Å². The topological polar surface area (TPSA) is 82.7 Å². The van der Waals surface area contributed by atoms with Crippen LogP contribution in [0.25, 0.3) is 11.4 Å². The summed E-state index contributed by atoms with van der Waals surface area (Å²) in [5, 5.41) is 26.2. The van der Waals surface area contributed by atoms with Crippen molar-refractivity contribution in [1.82, 2.24) is 25.3 Å². The molecule has 0 unspecified atom stereocenters. The molecule has 160 valence electrons. The number of hydrogen-bond acceptors (Lipinski definition) is 6. The molecule has 0 bridgehead atoms. The SMILES string of the molecule is Cc1c(-c2ccnn2C)nnc(N2CCC(CNCc3ccccc3C#N)CC2)c1C. The van der Waals surface area contributed by atoms with E-state index in [4.69, 9.17) is 0 Å². The Morgan fingerprint density at radius 1 is 1.10 bits per heavy atom. The largest absolute Gasteiger partial charge is 0.355 e. The van der Waals surface area contributed by atoms with Crippen LogP contribution in [0.15, 0.2) is 36.5 Å². The second-order valence-corrected chi connectivity index (χ2v) is 8.29. The molecule has 1 aromatic carbocycles. The summed E-state index contributed by atoms with van der Waals surface area (Å²) in [6, 6.07) is 12.0. The highest BCUT2D eigenvalue weighted by Crippen LogP contribution is 2.29. The number of nitrogens with zero attached hydrogens (tertiary/aromatic N) is 6. The van der Waals surface area contributed by atoms with Crippen LogP contribution in [-0.4, -0.2) is 39.6 Å². The maximum atomic E-state index is 9.23. The van der Waals surface area contributed by atoms with E-state index >= 15 is 0 Å². The van der Waals surface area contributed by atoms with E-state index in [0.29, 0.717) is 5.92 Å². The summed E-state index contributed by atoms with van der Waals surface area (Å²) in [6.45, 7) is 7.94. The van der Waals surface area contributed by atoms with Crippen molar-refractivity contribution >= 4 is 5.82 Å². The number of aromatic nitrogens is 4. The van der Waals surface area contributed by atoms with Gasteiger partial charge in [0.25, 0.3) is 0 Å². The van der Waals surface area contributed by atoms with Gasteiger partial charge in [0.15, 0.2) is 5.82 Å². The van der Waals surface area contributed by atoms with E-state index in [1.165, 1.54) is 5.56 Å². The Morgan fingerprint density at radius 2 is 1.87 bits per heavy atom. The van der Waals surface area contributed by atoms with E-state index in [2.05, 4.69) is 45.4 Å². The molecule has 0 spiro atoms. The van der Waals surface area contributed by atoms with Gasteiger partial charge >= 0.3 is 0 Å². The molecule has 2 aromatic heterocycles. The number of piperidine rings is 1. The Kier molecular flexibility index (Phi) is 6.28. The molecular formula is C24H29N7. The van der Waals surface area contributed by atoms with Gasteiger partial charge in [-0.15, -0.1) is 10.2 Å². The van der Waals surface area contributed by atoms with Crippen LogP contribution < -0.4 is 10.2 Å². The first-order valence-electron chi connectivity index (χ1n) is 10.8. The van der Waals surface area contributed by atoms with Gasteiger partial charge in [-0.1, -0.05) is 18.2 Å². The van der Waals surface area contributed by atoms with Gasteiger partial charge in [-0.05, 0) is 68.0 Å². The third-order valence-electron chi connectivity index (χ3n) is 6.36. The van der Waals surface area contributed by atoms with Crippen LogP contribution in [0.2, 0.25) is 0 Å². The lowest BCUT2D eigenvalue weighted by atomic mass is 9.96. The number of aryl methyl sites for hydroxylation is 1. The Labute approximate surface area is 183 Å². The van der Waals surface area contributed by atoms with Gasteiger partial charge in [0, 0.05) is 32.9 Å². The fraction of sp³-hybridized carbons (Fsp3) is 0.417. The van der Waals surface area contributed by atoms with Crippen molar-refractivity contribution in [2.24, 2.45) is 13.0 Å². The highest BCUT2D eigenvalue weighted by molar-refractivity contribution is 5.64. The summed E-state index contributed by atoms with van der Waals surface area (Å²) in [4.78, 5) is 2.36. The third-order valence-corrected chi connectivity index (χ3v) is 6.36. The molecule has 0 atom stereocenters. The van der Waals surface area contributed by atoms with Crippen LogP contribution in [0.4, 0.5) is 5.82 Å². The van der Waals surface area contributed by atoms with Crippen LogP contribution in [0.3, 0.4) is 0 Å². The van der Waals surface area contributed by atoms with Crippen LogP contribution in [0.5, 0.6) is 0 Å². The quantitative estimate of drug-likeness (QED) is 0.665. The molecule has 1 N–H and O–H groups in total. The van der Waals surface area contributed by atoms with Gasteiger partial charge in [0.1, 0.15) is 5.69 Å². The molecule has 1 saturated heterocycles. The van der Waals surface area contributed by atoms with Gasteiger partial charge in [-0.2, -0.15) is 10.4 Å². The van der Waals surface area contributed by atoms with E-state index in [1.807, 2.05) is 42.1 Å². The molecule has 7 heteroatoms. The van der Waals surface area contributed by atoms with Crippen LogP contribution in [0.1, 0.15) is 35.1 Å². The zero-order chi connectivity index (χ0) is 21.8. The molecule has 0 amide bonds. The predicted octanol–water partition coefficient (Wildman–Crippen LogP) is 3.37. The van der Waals surface area contributed by atoms with Crippen molar-refractivity contribution in [2.75, 3.05) is 24.5 Å². The molecule has 31 heavy (non-hydrogen) atoms. The van der Waals surface area contributed by atoms with Crippen LogP contribution >= 0.6 is 0 Å². The van der Waals surface area contributed by atoms with Gasteiger partial charge in [0.05, 0.1) is 17.3 Å². The number of hydrogen-bond donors (Lipinski definition) is 1. The fourth-order valence-corrected chi connectivity index (χ4v) is 4.29. The summed E-state index contributed by atoms with van der Waals surface area (Å²) in [7, 11) is 1.93. The number of benzene rings is 1. The van der Waals surface area contributed by atoms with E-state index < -0.39 is 0 Å². The maximum absolute atomic E-state index is 9.23. The number of anilines is 1. The summed E-state index contributed by atoms with van der Waals surface area (Å²) >= 11 is 0. The Morgan fingerprint density at radius 3 is 2.58 bits per heavy atom. The first kappa shape index (κ1) is 21.0. The van der Waals surface area contributed by atoms with Gasteiger partial charge < -0.3 is 10.2 Å². The highest BCUT2D eigenvalue weighted by atomic mass is 15.3. The Hall–Kier alpha value is -3.24. The van der Waals surface area contributed by atoms with Crippen LogP contribution in [0, 0.1) is 31.1 Å². The Bertz CT molecular complexity index is 1090. The normalized spacial score (nSPS) is 14.6. The first-order chi connectivity index (χ1) is 15.1. The monoisotopic (exact) mass is 415 g/mol. The van der Waals surface area contributed by atoms with E-state index in [0.717, 1.165) is 72.9 Å². The average Bonchev–Trinajstić information content (AvgIpc) is 3.22. The number of nitrogens with one attached hydrogen (secondary N) is 1. The van der Waals surface area contributed by atoms with E-state index in [9.17, 15) is 5.26 Å². The van der Waals surface area contributed by atoms with Crippen molar-refractivity contribution in [3.8, 4) is 17.5 Å². The second kappa shape index (κ2) is 9.27.